The predicted octanol–water partition coefficient (Wildman–Crippen LogP) is 3.61. The van der Waals surface area contributed by atoms with Crippen LogP contribution >= 0.6 is 0 Å². The lowest BCUT2D eigenvalue weighted by atomic mass is 9.92. The lowest BCUT2D eigenvalue weighted by Crippen LogP contribution is -2.36. The van der Waals surface area contributed by atoms with Crippen molar-refractivity contribution in [3.63, 3.8) is 0 Å². The van der Waals surface area contributed by atoms with Crippen molar-refractivity contribution in [2.24, 2.45) is 0 Å². The summed E-state index contributed by atoms with van der Waals surface area (Å²) in [5, 5.41) is 7.50. The smallest absolute Gasteiger partial charge is 0.418 e. The molecule has 4 rings (SSSR count). The second kappa shape index (κ2) is 8.89. The van der Waals surface area contributed by atoms with E-state index in [0.29, 0.717) is 11.4 Å². The van der Waals surface area contributed by atoms with Gasteiger partial charge in [0.15, 0.2) is 0 Å². The summed E-state index contributed by atoms with van der Waals surface area (Å²) in [5.41, 5.74) is -1.83. The van der Waals surface area contributed by atoms with Gasteiger partial charge in [0, 0.05) is 12.1 Å². The maximum atomic E-state index is 13.3. The third kappa shape index (κ3) is 4.70. The molecule has 2 heterocycles. The standard InChI is InChI=1S/C22H18F3N5O4/c1-34-12-8-6-11(7-9-12)26-21-29-18-17(20(33)30-21)13(10-16(31)28-18)19(32)27-15-5-3-2-4-14(15)22(23,24)25/h2-9,13H,10H2,1H3,(H,27,32)(H3,26,28,29,30,31,33). The van der Waals surface area contributed by atoms with E-state index in [0.717, 1.165) is 12.1 Å². The van der Waals surface area contributed by atoms with Crippen molar-refractivity contribution >= 4 is 35.0 Å². The minimum atomic E-state index is -4.70. The Balaban J connectivity index is 1.63. The number of fused-ring (bicyclic) bond motifs is 1. The Hall–Kier alpha value is -4.35. The number of hydrogen-bond acceptors (Lipinski definition) is 6. The molecule has 34 heavy (non-hydrogen) atoms. The number of benzene rings is 2. The predicted molar refractivity (Wildman–Crippen MR) is 117 cm³/mol. The van der Waals surface area contributed by atoms with Crippen molar-refractivity contribution in [1.29, 1.82) is 0 Å². The van der Waals surface area contributed by atoms with Gasteiger partial charge in [-0.1, -0.05) is 12.1 Å². The minimum Gasteiger partial charge on any atom is -0.497 e. The number of ether oxygens (including phenoxy) is 1. The van der Waals surface area contributed by atoms with Crippen LogP contribution in [0.2, 0.25) is 0 Å². The summed E-state index contributed by atoms with van der Waals surface area (Å²) < 4.78 is 44.9. The van der Waals surface area contributed by atoms with E-state index in [4.69, 9.17) is 4.74 Å². The van der Waals surface area contributed by atoms with Crippen LogP contribution in [0.5, 0.6) is 5.75 Å². The highest BCUT2D eigenvalue weighted by Gasteiger charge is 2.37. The summed E-state index contributed by atoms with van der Waals surface area (Å²) in [6.45, 7) is 0. The number of aromatic amines is 1. The zero-order chi connectivity index (χ0) is 24.5. The van der Waals surface area contributed by atoms with Crippen molar-refractivity contribution in [3.8, 4) is 5.75 Å². The molecule has 0 spiro atoms. The van der Waals surface area contributed by atoms with Crippen molar-refractivity contribution in [2.45, 2.75) is 18.5 Å². The van der Waals surface area contributed by atoms with Gasteiger partial charge in [0.05, 0.1) is 29.8 Å². The van der Waals surface area contributed by atoms with E-state index in [9.17, 15) is 27.6 Å². The summed E-state index contributed by atoms with van der Waals surface area (Å²) >= 11 is 0. The maximum Gasteiger partial charge on any atom is 0.418 e. The van der Waals surface area contributed by atoms with Crippen LogP contribution in [0, 0.1) is 0 Å². The molecule has 2 amide bonds. The Morgan fingerprint density at radius 3 is 2.50 bits per heavy atom. The van der Waals surface area contributed by atoms with Crippen molar-refractivity contribution < 1.29 is 27.5 Å². The van der Waals surface area contributed by atoms with Crippen LogP contribution < -0.4 is 26.2 Å². The van der Waals surface area contributed by atoms with Crippen LogP contribution in [0.15, 0.2) is 53.3 Å². The van der Waals surface area contributed by atoms with Crippen LogP contribution in [0.25, 0.3) is 0 Å². The molecule has 0 fully saturated rings. The van der Waals surface area contributed by atoms with Gasteiger partial charge in [0.2, 0.25) is 17.8 Å². The zero-order valence-electron chi connectivity index (χ0n) is 17.6. The molecule has 1 unspecified atom stereocenters. The highest BCUT2D eigenvalue weighted by molar-refractivity contribution is 6.04. The van der Waals surface area contributed by atoms with Crippen LogP contribution in [-0.4, -0.2) is 28.9 Å². The molecular weight excluding hydrogens is 455 g/mol. The van der Waals surface area contributed by atoms with E-state index in [1.54, 1.807) is 24.3 Å². The first-order chi connectivity index (χ1) is 16.2. The summed E-state index contributed by atoms with van der Waals surface area (Å²) in [7, 11) is 1.52. The van der Waals surface area contributed by atoms with Gasteiger partial charge in [0.1, 0.15) is 11.6 Å². The van der Waals surface area contributed by atoms with E-state index >= 15 is 0 Å². The van der Waals surface area contributed by atoms with Gasteiger partial charge in [0.25, 0.3) is 5.56 Å². The zero-order valence-corrected chi connectivity index (χ0v) is 17.6. The van der Waals surface area contributed by atoms with Gasteiger partial charge < -0.3 is 20.7 Å². The summed E-state index contributed by atoms with van der Waals surface area (Å²) in [6.07, 6.45) is -5.13. The number of nitrogens with zero attached hydrogens (tertiary/aromatic N) is 1. The quantitative estimate of drug-likeness (QED) is 0.449. The number of methoxy groups -OCH3 is 1. The first-order valence-electron chi connectivity index (χ1n) is 9.98. The van der Waals surface area contributed by atoms with Gasteiger partial charge in [-0.3, -0.25) is 19.4 Å². The molecule has 12 heteroatoms. The number of carbonyl (C=O) groups is 2. The number of nitrogens with one attached hydrogen (secondary N) is 4. The first-order valence-corrected chi connectivity index (χ1v) is 9.98. The number of alkyl halides is 3. The average molecular weight is 473 g/mol. The van der Waals surface area contributed by atoms with Crippen molar-refractivity contribution in [3.05, 3.63) is 70.0 Å². The van der Waals surface area contributed by atoms with E-state index < -0.39 is 47.1 Å². The molecule has 0 bridgehead atoms. The maximum absolute atomic E-state index is 13.3. The number of hydrogen-bond donors (Lipinski definition) is 4. The number of amides is 2. The van der Waals surface area contributed by atoms with E-state index in [1.807, 2.05) is 0 Å². The number of carbonyl (C=O) groups excluding carboxylic acids is 2. The SMILES string of the molecule is COc1ccc(Nc2nc3c(c(=O)[nH]2)C(C(=O)Nc2ccccc2C(F)(F)F)CC(=O)N3)cc1. The van der Waals surface area contributed by atoms with Gasteiger partial charge >= 0.3 is 6.18 Å². The van der Waals surface area contributed by atoms with Gasteiger partial charge in [-0.25, -0.2) is 0 Å². The third-order valence-corrected chi connectivity index (χ3v) is 5.11. The number of H-pyrrole nitrogens is 1. The lowest BCUT2D eigenvalue weighted by molar-refractivity contribution is -0.137. The second-order valence-electron chi connectivity index (χ2n) is 7.37. The monoisotopic (exact) mass is 473 g/mol. The Labute approximate surface area is 190 Å². The molecule has 176 valence electrons. The van der Waals surface area contributed by atoms with E-state index in [2.05, 4.69) is 25.9 Å². The number of aromatic nitrogens is 2. The molecule has 9 nitrogen and oxygen atoms in total. The van der Waals surface area contributed by atoms with Crippen molar-refractivity contribution in [2.75, 3.05) is 23.1 Å². The molecule has 1 atom stereocenters. The molecule has 2 aromatic carbocycles. The fourth-order valence-electron chi connectivity index (χ4n) is 3.52. The number of halogens is 3. The van der Waals surface area contributed by atoms with Gasteiger partial charge in [-0.05, 0) is 36.4 Å². The molecule has 0 saturated carbocycles. The van der Waals surface area contributed by atoms with Crippen molar-refractivity contribution in [1.82, 2.24) is 9.97 Å². The van der Waals surface area contributed by atoms with Crippen LogP contribution in [0.1, 0.15) is 23.5 Å². The Morgan fingerprint density at radius 2 is 1.82 bits per heavy atom. The molecule has 0 radical (unpaired) electrons. The van der Waals surface area contributed by atoms with Crippen LogP contribution in [0.4, 0.5) is 36.3 Å². The van der Waals surface area contributed by atoms with Crippen LogP contribution in [-0.2, 0) is 15.8 Å². The molecule has 0 aliphatic carbocycles. The highest BCUT2D eigenvalue weighted by atomic mass is 19.4. The number of anilines is 4. The van der Waals surface area contributed by atoms with Crippen LogP contribution in [0.3, 0.4) is 0 Å². The Morgan fingerprint density at radius 1 is 1.12 bits per heavy atom. The molecule has 1 aromatic heterocycles. The summed E-state index contributed by atoms with van der Waals surface area (Å²) in [6, 6.07) is 11.1. The molecule has 3 aromatic rings. The topological polar surface area (TPSA) is 125 Å². The fraction of sp³-hybridized carbons (Fsp3) is 0.182. The normalized spacial score (nSPS) is 15.2. The highest BCUT2D eigenvalue weighted by Crippen LogP contribution is 2.36. The minimum absolute atomic E-state index is 0.00214. The summed E-state index contributed by atoms with van der Waals surface area (Å²) in [4.78, 5) is 44.6. The van der Waals surface area contributed by atoms with Gasteiger partial charge in [-0.2, -0.15) is 18.2 Å². The Kier molecular flexibility index (Phi) is 5.97. The number of para-hydroxylation sites is 1. The van der Waals surface area contributed by atoms with E-state index in [-0.39, 0.29) is 17.3 Å². The first kappa shape index (κ1) is 22.8. The molecule has 4 N–H and O–H groups in total. The fourth-order valence-corrected chi connectivity index (χ4v) is 3.52. The largest absolute Gasteiger partial charge is 0.497 e. The molecule has 1 aliphatic rings. The molecule has 1 aliphatic heterocycles. The third-order valence-electron chi connectivity index (χ3n) is 5.11. The Bertz CT molecular complexity index is 1310. The molecule has 0 saturated heterocycles. The number of rotatable bonds is 5. The lowest BCUT2D eigenvalue weighted by Gasteiger charge is -2.24. The molecular formula is C22H18F3N5O4. The summed E-state index contributed by atoms with van der Waals surface area (Å²) in [5.74, 6) is -2.42. The van der Waals surface area contributed by atoms with Gasteiger partial charge in [-0.15, -0.1) is 0 Å². The van der Waals surface area contributed by atoms with E-state index in [1.165, 1.54) is 19.2 Å². The average Bonchev–Trinajstić information content (AvgIpc) is 2.78. The second-order valence-corrected chi connectivity index (χ2v) is 7.37.